The van der Waals surface area contributed by atoms with Crippen molar-refractivity contribution < 1.29 is 14.3 Å². The highest BCUT2D eigenvalue weighted by molar-refractivity contribution is 5.94. The van der Waals surface area contributed by atoms with Crippen molar-refractivity contribution >= 4 is 11.8 Å². The lowest BCUT2D eigenvalue weighted by molar-refractivity contribution is -0.134. The molecule has 1 atom stereocenters. The quantitative estimate of drug-likeness (QED) is 0.864. The Hall–Kier alpha value is -2.04. The number of fused-ring (bicyclic) bond motifs is 1. The Morgan fingerprint density at radius 1 is 1.12 bits per heavy atom. The van der Waals surface area contributed by atoms with Crippen LogP contribution in [0.25, 0.3) is 0 Å². The molecular weight excluding hydrogens is 316 g/mol. The van der Waals surface area contributed by atoms with Crippen molar-refractivity contribution in [2.75, 3.05) is 13.2 Å². The van der Waals surface area contributed by atoms with Crippen LogP contribution in [0.1, 0.15) is 56.4 Å². The minimum atomic E-state index is -0.723. The minimum Gasteiger partial charge on any atom is -0.493 e. The zero-order valence-corrected chi connectivity index (χ0v) is 14.6. The number of hydrogen-bond donors (Lipinski definition) is 2. The largest absolute Gasteiger partial charge is 0.493 e. The molecule has 5 heteroatoms. The van der Waals surface area contributed by atoms with Crippen LogP contribution in [0.3, 0.4) is 0 Å². The van der Waals surface area contributed by atoms with Gasteiger partial charge in [0.05, 0.1) is 12.5 Å². The molecule has 25 heavy (non-hydrogen) atoms. The van der Waals surface area contributed by atoms with E-state index in [-0.39, 0.29) is 17.7 Å². The molecule has 0 aromatic heterocycles. The van der Waals surface area contributed by atoms with Crippen LogP contribution in [0.2, 0.25) is 0 Å². The number of carbonyl (C=O) groups is 2. The highest BCUT2D eigenvalue weighted by Gasteiger charge is 2.44. The van der Waals surface area contributed by atoms with E-state index in [4.69, 9.17) is 4.74 Å². The average Bonchev–Trinajstić information content (AvgIpc) is 3.36. The Labute approximate surface area is 148 Å². The third kappa shape index (κ3) is 3.37. The summed E-state index contributed by atoms with van der Waals surface area (Å²) in [6.07, 6.45) is 6.52. The van der Waals surface area contributed by atoms with E-state index in [9.17, 15) is 9.59 Å². The molecule has 0 unspecified atom stereocenters. The van der Waals surface area contributed by atoms with Gasteiger partial charge in [-0.2, -0.15) is 0 Å². The summed E-state index contributed by atoms with van der Waals surface area (Å²) in [5, 5.41) is 6.22. The maximum Gasteiger partial charge on any atom is 0.245 e. The van der Waals surface area contributed by atoms with Crippen LogP contribution in [0, 0.1) is 5.92 Å². The van der Waals surface area contributed by atoms with Crippen LogP contribution in [-0.4, -0.2) is 30.5 Å². The zero-order chi connectivity index (χ0) is 17.3. The zero-order valence-electron chi connectivity index (χ0n) is 14.6. The first-order valence-electron chi connectivity index (χ1n) is 9.50. The van der Waals surface area contributed by atoms with E-state index < -0.39 is 5.54 Å². The van der Waals surface area contributed by atoms with E-state index in [0.29, 0.717) is 18.9 Å². The number of benzene rings is 1. The first-order chi connectivity index (χ1) is 12.2. The molecule has 1 aliphatic heterocycles. The van der Waals surface area contributed by atoms with E-state index in [0.717, 1.165) is 43.5 Å². The fraction of sp³-hybridized carbons (Fsp3) is 0.600. The molecule has 134 valence electrons. The summed E-state index contributed by atoms with van der Waals surface area (Å²) in [5.74, 6) is 1.15. The Morgan fingerprint density at radius 3 is 2.64 bits per heavy atom. The maximum atomic E-state index is 13.0. The summed E-state index contributed by atoms with van der Waals surface area (Å²) < 4.78 is 5.66. The molecule has 1 aromatic rings. The molecule has 2 N–H and O–H groups in total. The summed E-state index contributed by atoms with van der Waals surface area (Å²) in [4.78, 5) is 25.8. The molecule has 2 amide bonds. The lowest BCUT2D eigenvalue weighted by Crippen LogP contribution is -2.58. The van der Waals surface area contributed by atoms with E-state index >= 15 is 0 Å². The predicted octanol–water partition coefficient (Wildman–Crippen LogP) is 2.51. The van der Waals surface area contributed by atoms with Gasteiger partial charge in [-0.25, -0.2) is 0 Å². The molecule has 1 aromatic carbocycles. The second-order valence-corrected chi connectivity index (χ2v) is 7.66. The molecule has 1 heterocycles. The fourth-order valence-corrected chi connectivity index (χ4v) is 4.05. The van der Waals surface area contributed by atoms with Crippen molar-refractivity contribution in [1.29, 1.82) is 0 Å². The third-order valence-electron chi connectivity index (χ3n) is 5.78. The summed E-state index contributed by atoms with van der Waals surface area (Å²) >= 11 is 0. The van der Waals surface area contributed by atoms with Crippen molar-refractivity contribution in [2.45, 2.75) is 56.4 Å². The summed E-state index contributed by atoms with van der Waals surface area (Å²) in [6.45, 7) is 1.28. The molecule has 0 spiro atoms. The first kappa shape index (κ1) is 16.4. The van der Waals surface area contributed by atoms with Crippen molar-refractivity contribution in [1.82, 2.24) is 10.6 Å². The van der Waals surface area contributed by atoms with Gasteiger partial charge in [0.2, 0.25) is 11.8 Å². The highest BCUT2D eigenvalue weighted by Crippen LogP contribution is 2.36. The first-order valence-corrected chi connectivity index (χ1v) is 9.50. The molecule has 4 rings (SSSR count). The Bertz CT molecular complexity index is 663. The van der Waals surface area contributed by atoms with Gasteiger partial charge in [0.15, 0.2) is 0 Å². The number of nitrogens with one attached hydrogen (secondary N) is 2. The monoisotopic (exact) mass is 342 g/mol. The van der Waals surface area contributed by atoms with Gasteiger partial charge >= 0.3 is 0 Å². The van der Waals surface area contributed by atoms with Crippen LogP contribution < -0.4 is 15.4 Å². The molecule has 5 nitrogen and oxygen atoms in total. The Morgan fingerprint density at radius 2 is 1.88 bits per heavy atom. The van der Waals surface area contributed by atoms with Crippen molar-refractivity contribution in [3.8, 4) is 5.75 Å². The molecule has 3 aliphatic rings. The van der Waals surface area contributed by atoms with Gasteiger partial charge in [-0.1, -0.05) is 31.0 Å². The number of hydrogen-bond acceptors (Lipinski definition) is 3. The van der Waals surface area contributed by atoms with Crippen LogP contribution in [-0.2, 0) is 9.59 Å². The summed E-state index contributed by atoms with van der Waals surface area (Å²) in [5.41, 5.74) is 0.206. The van der Waals surface area contributed by atoms with Gasteiger partial charge < -0.3 is 15.4 Å². The predicted molar refractivity (Wildman–Crippen MR) is 94.4 cm³/mol. The smallest absolute Gasteiger partial charge is 0.245 e. The second kappa shape index (κ2) is 6.70. The van der Waals surface area contributed by atoms with Gasteiger partial charge in [0, 0.05) is 12.1 Å². The number of amides is 2. The van der Waals surface area contributed by atoms with Crippen molar-refractivity contribution in [3.05, 3.63) is 29.8 Å². The molecular formula is C20H26N2O3. The van der Waals surface area contributed by atoms with Gasteiger partial charge in [0.1, 0.15) is 11.3 Å². The molecule has 0 radical (unpaired) electrons. The number of carbonyl (C=O) groups excluding carboxylic acids is 2. The van der Waals surface area contributed by atoms with Crippen molar-refractivity contribution in [3.63, 3.8) is 0 Å². The average molecular weight is 342 g/mol. The normalized spacial score (nSPS) is 24.1. The van der Waals surface area contributed by atoms with Crippen LogP contribution in [0.5, 0.6) is 5.75 Å². The fourth-order valence-electron chi connectivity index (χ4n) is 4.05. The van der Waals surface area contributed by atoms with E-state index in [1.54, 1.807) is 0 Å². The van der Waals surface area contributed by atoms with Gasteiger partial charge in [-0.15, -0.1) is 0 Å². The molecule has 0 saturated heterocycles. The van der Waals surface area contributed by atoms with Gasteiger partial charge in [-0.3, -0.25) is 9.59 Å². The highest BCUT2D eigenvalue weighted by atomic mass is 16.5. The molecule has 2 fully saturated rings. The van der Waals surface area contributed by atoms with E-state index in [1.807, 2.05) is 24.3 Å². The number of ether oxygens (including phenoxy) is 1. The topological polar surface area (TPSA) is 67.4 Å². The number of rotatable bonds is 5. The number of para-hydroxylation sites is 1. The molecule has 2 saturated carbocycles. The lowest BCUT2D eigenvalue weighted by Gasteiger charge is -2.32. The Balaban J connectivity index is 1.48. The minimum absolute atomic E-state index is 0.00518. The third-order valence-corrected chi connectivity index (χ3v) is 5.78. The SMILES string of the molecule is O=C(NC1(C(=O)NCC2CC2)CCCC1)[C@@H]1CCOc2ccccc21. The van der Waals surface area contributed by atoms with E-state index in [2.05, 4.69) is 10.6 Å². The molecule has 0 bridgehead atoms. The van der Waals surface area contributed by atoms with Crippen molar-refractivity contribution in [2.24, 2.45) is 5.92 Å². The molecule has 2 aliphatic carbocycles. The van der Waals surface area contributed by atoms with Gasteiger partial charge in [0.25, 0.3) is 0 Å². The second-order valence-electron chi connectivity index (χ2n) is 7.66. The summed E-state index contributed by atoms with van der Waals surface area (Å²) in [7, 11) is 0. The summed E-state index contributed by atoms with van der Waals surface area (Å²) in [6, 6.07) is 7.71. The van der Waals surface area contributed by atoms with Gasteiger partial charge in [-0.05, 0) is 44.1 Å². The maximum absolute atomic E-state index is 13.0. The van der Waals surface area contributed by atoms with E-state index in [1.165, 1.54) is 12.8 Å². The lowest BCUT2D eigenvalue weighted by atomic mass is 9.89. The Kier molecular flexibility index (Phi) is 4.40. The van der Waals surface area contributed by atoms with Crippen LogP contribution in [0.15, 0.2) is 24.3 Å². The van der Waals surface area contributed by atoms with Crippen LogP contribution >= 0.6 is 0 Å². The van der Waals surface area contributed by atoms with Crippen LogP contribution in [0.4, 0.5) is 0 Å². The standard InChI is InChI=1S/C20H26N2O3/c23-18(16-9-12-25-17-6-2-1-5-15(16)17)22-20(10-3-4-11-20)19(24)21-13-14-7-8-14/h1-2,5-6,14,16H,3-4,7-13H2,(H,21,24)(H,22,23)/t16-/m1/s1.